The zero-order valence-corrected chi connectivity index (χ0v) is 20.0. The second kappa shape index (κ2) is 11.2. The van der Waals surface area contributed by atoms with Gasteiger partial charge in [-0.1, -0.05) is 12.1 Å². The van der Waals surface area contributed by atoms with E-state index >= 15 is 0 Å². The molecule has 0 atom stereocenters. The summed E-state index contributed by atoms with van der Waals surface area (Å²) in [6.07, 6.45) is -12.0. The van der Waals surface area contributed by atoms with Gasteiger partial charge in [-0.25, -0.2) is 12.8 Å². The van der Waals surface area contributed by atoms with Crippen molar-refractivity contribution in [2.45, 2.75) is 42.6 Å². The number of carbonyl (C=O) groups is 1. The van der Waals surface area contributed by atoms with Gasteiger partial charge in [0, 0.05) is 25.6 Å². The number of benzene rings is 2. The second-order valence-electron chi connectivity index (χ2n) is 7.89. The van der Waals surface area contributed by atoms with Crippen molar-refractivity contribution in [3.8, 4) is 0 Å². The van der Waals surface area contributed by atoms with Gasteiger partial charge in [0.05, 0.1) is 17.2 Å². The van der Waals surface area contributed by atoms with Crippen LogP contribution in [0.25, 0.3) is 0 Å². The fraction of sp³-hybridized carbons (Fsp3) is 0.409. The molecule has 0 unspecified atom stereocenters. The molecule has 1 amide bonds. The van der Waals surface area contributed by atoms with E-state index in [2.05, 4.69) is 5.32 Å². The Balaban J connectivity index is 0.000000604. The molecule has 15 heteroatoms. The van der Waals surface area contributed by atoms with E-state index in [1.165, 1.54) is 6.92 Å². The van der Waals surface area contributed by atoms with E-state index in [1.807, 2.05) is 0 Å². The molecule has 0 radical (unpaired) electrons. The van der Waals surface area contributed by atoms with Crippen LogP contribution < -0.4 is 9.62 Å². The van der Waals surface area contributed by atoms with Crippen LogP contribution in [0.2, 0.25) is 0 Å². The first kappa shape index (κ1) is 30.3. The maximum absolute atomic E-state index is 13.1. The van der Waals surface area contributed by atoms with E-state index in [4.69, 9.17) is 5.11 Å². The van der Waals surface area contributed by atoms with Gasteiger partial charge in [0.2, 0.25) is 5.91 Å². The quantitative estimate of drug-likeness (QED) is 0.487. The number of aliphatic hydroxyl groups is 2. The van der Waals surface area contributed by atoms with E-state index in [1.54, 1.807) is 0 Å². The van der Waals surface area contributed by atoms with E-state index in [0.29, 0.717) is 18.7 Å². The fourth-order valence-corrected chi connectivity index (χ4v) is 5.03. The molecule has 0 aromatic heterocycles. The van der Waals surface area contributed by atoms with Crippen LogP contribution in [0.4, 0.5) is 36.4 Å². The lowest BCUT2D eigenvalue weighted by molar-refractivity contribution is -0.376. The van der Waals surface area contributed by atoms with E-state index in [0.717, 1.165) is 34.6 Å². The minimum atomic E-state index is -6.05. The lowest BCUT2D eigenvalue weighted by atomic mass is 9.89. The van der Waals surface area contributed by atoms with Crippen molar-refractivity contribution in [3.63, 3.8) is 0 Å². The van der Waals surface area contributed by atoms with Crippen LogP contribution in [0, 0.1) is 5.82 Å². The van der Waals surface area contributed by atoms with Crippen molar-refractivity contribution in [1.82, 2.24) is 5.32 Å². The third-order valence-corrected chi connectivity index (χ3v) is 7.11. The third kappa shape index (κ3) is 6.51. The first-order chi connectivity index (χ1) is 17.0. The zero-order chi connectivity index (χ0) is 28.2. The highest BCUT2D eigenvalue weighted by atomic mass is 32.2. The number of nitrogens with zero attached hydrogens (tertiary/aromatic N) is 1. The number of aryl methyl sites for hydroxylation is 1. The molecule has 2 aromatic rings. The Bertz CT molecular complexity index is 1190. The maximum Gasteiger partial charge on any atom is 0.430 e. The van der Waals surface area contributed by atoms with Crippen LogP contribution in [-0.2, 0) is 26.8 Å². The zero-order valence-electron chi connectivity index (χ0n) is 19.2. The molecule has 0 bridgehead atoms. The molecule has 7 nitrogen and oxygen atoms in total. The Hall–Kier alpha value is -2.91. The number of anilines is 1. The maximum atomic E-state index is 13.1. The molecule has 2 aromatic carbocycles. The molecular weight excluding hydrogens is 537 g/mol. The van der Waals surface area contributed by atoms with Crippen LogP contribution in [0.3, 0.4) is 0 Å². The minimum absolute atomic E-state index is 0.00437. The van der Waals surface area contributed by atoms with Gasteiger partial charge in [0.15, 0.2) is 0 Å². The van der Waals surface area contributed by atoms with Gasteiger partial charge in [-0.3, -0.25) is 9.10 Å². The summed E-state index contributed by atoms with van der Waals surface area (Å²) in [5.74, 6) is -0.787. The number of fused-ring (bicyclic) bond motifs is 1. The van der Waals surface area contributed by atoms with Crippen molar-refractivity contribution < 1.29 is 54.2 Å². The van der Waals surface area contributed by atoms with Crippen molar-refractivity contribution in [2.75, 3.05) is 24.0 Å². The molecule has 0 saturated carbocycles. The van der Waals surface area contributed by atoms with Crippen molar-refractivity contribution in [3.05, 3.63) is 59.4 Å². The average Bonchev–Trinajstić information content (AvgIpc) is 2.80. The van der Waals surface area contributed by atoms with Gasteiger partial charge in [0.1, 0.15) is 5.82 Å². The van der Waals surface area contributed by atoms with Crippen molar-refractivity contribution in [1.29, 1.82) is 0 Å². The normalized spacial score (nSPS) is 14.4. The summed E-state index contributed by atoms with van der Waals surface area (Å²) in [5.41, 5.74) is -6.77. The molecule has 1 heterocycles. The van der Waals surface area contributed by atoms with E-state index < -0.39 is 39.4 Å². The van der Waals surface area contributed by atoms with Gasteiger partial charge >= 0.3 is 12.4 Å². The number of hydrogen-bond donors (Lipinski definition) is 3. The van der Waals surface area contributed by atoms with Crippen molar-refractivity contribution in [2.24, 2.45) is 0 Å². The minimum Gasteiger partial charge on any atom is -0.395 e. The Morgan fingerprint density at radius 3 is 2.05 bits per heavy atom. The van der Waals surface area contributed by atoms with E-state index in [-0.39, 0.29) is 48.0 Å². The number of amides is 1. The summed E-state index contributed by atoms with van der Waals surface area (Å²) >= 11 is 0. The first-order valence-corrected chi connectivity index (χ1v) is 12.0. The highest BCUT2D eigenvalue weighted by Gasteiger charge is 2.71. The molecule has 0 aliphatic carbocycles. The molecule has 0 spiro atoms. The topological polar surface area (TPSA) is 107 Å². The highest BCUT2D eigenvalue weighted by molar-refractivity contribution is 7.92. The molecule has 0 fully saturated rings. The number of halogens is 7. The van der Waals surface area contributed by atoms with Crippen LogP contribution >= 0.6 is 0 Å². The summed E-state index contributed by atoms with van der Waals surface area (Å²) in [4.78, 5) is 9.69. The van der Waals surface area contributed by atoms with Crippen LogP contribution in [0.5, 0.6) is 0 Å². The number of aliphatic hydroxyl groups excluding tert-OH is 1. The van der Waals surface area contributed by atoms with Gasteiger partial charge in [-0.05, 0) is 48.7 Å². The Morgan fingerprint density at radius 1 is 1.03 bits per heavy atom. The Labute approximate surface area is 207 Å². The predicted molar refractivity (Wildman–Crippen MR) is 117 cm³/mol. The van der Waals surface area contributed by atoms with Gasteiger partial charge in [-0.15, -0.1) is 0 Å². The van der Waals surface area contributed by atoms with Gasteiger partial charge in [0.25, 0.3) is 15.6 Å². The van der Waals surface area contributed by atoms with Gasteiger partial charge in [-0.2, -0.15) is 26.3 Å². The number of nitrogens with one attached hydrogen (secondary N) is 1. The summed E-state index contributed by atoms with van der Waals surface area (Å²) < 4.78 is 118. The number of alkyl halides is 6. The van der Waals surface area contributed by atoms with Crippen LogP contribution in [-0.4, -0.2) is 56.6 Å². The second-order valence-corrected chi connectivity index (χ2v) is 9.75. The summed E-state index contributed by atoms with van der Waals surface area (Å²) in [6.45, 7) is 1.71. The van der Waals surface area contributed by atoms with Crippen LogP contribution in [0.1, 0.15) is 24.5 Å². The SMILES string of the molecule is CC(=O)NCCO.O=S(=O)(c1ccc(F)cc1)N1CCCc2cc(C(O)(C(F)(F)F)C(F)(F)F)ccc21. The molecule has 3 rings (SSSR count). The molecule has 37 heavy (non-hydrogen) atoms. The monoisotopic (exact) mass is 560 g/mol. The van der Waals surface area contributed by atoms with Crippen molar-refractivity contribution >= 4 is 21.6 Å². The third-order valence-electron chi connectivity index (χ3n) is 5.28. The molecule has 3 N–H and O–H groups in total. The predicted octanol–water partition coefficient (Wildman–Crippen LogP) is 3.39. The highest BCUT2D eigenvalue weighted by Crippen LogP contribution is 2.51. The summed E-state index contributed by atoms with van der Waals surface area (Å²) in [5, 5.41) is 20.1. The summed E-state index contributed by atoms with van der Waals surface area (Å²) in [7, 11) is -4.24. The number of rotatable bonds is 5. The fourth-order valence-electron chi connectivity index (χ4n) is 3.49. The molecule has 0 saturated heterocycles. The average molecular weight is 560 g/mol. The standard InChI is InChI=1S/C18H14F7NO3S.C4H9NO2/c19-13-4-6-14(7-5-13)30(28,29)26-9-1-2-11-10-12(3-8-15(11)26)16(27,17(20,21)22)18(23,24)25;1-4(7)5-2-3-6/h3-8,10,27H,1-2,9H2;6H,2-3H2,1H3,(H,5,7). The lowest BCUT2D eigenvalue weighted by Gasteiger charge is -2.35. The number of carbonyl (C=O) groups excluding carboxylic acids is 1. The molecule has 206 valence electrons. The lowest BCUT2D eigenvalue weighted by Crippen LogP contribution is -2.54. The van der Waals surface area contributed by atoms with E-state index in [9.17, 15) is 49.1 Å². The van der Waals surface area contributed by atoms with Crippen LogP contribution in [0.15, 0.2) is 47.4 Å². The molecule has 1 aliphatic heterocycles. The molecule has 1 aliphatic rings. The van der Waals surface area contributed by atoms with Gasteiger partial charge < -0.3 is 15.5 Å². The smallest absolute Gasteiger partial charge is 0.395 e. The largest absolute Gasteiger partial charge is 0.430 e. The Morgan fingerprint density at radius 2 is 1.59 bits per heavy atom. The Kier molecular flexibility index (Phi) is 9.20. The first-order valence-electron chi connectivity index (χ1n) is 10.6. The summed E-state index contributed by atoms with van der Waals surface area (Å²) in [6, 6.07) is 5.54. The molecular formula is C22H23F7N2O5S. The number of sulfonamides is 1. The number of hydrogen-bond acceptors (Lipinski definition) is 5.